The minimum atomic E-state index is -0.0935. The summed E-state index contributed by atoms with van der Waals surface area (Å²) >= 11 is 12.0. The topological polar surface area (TPSA) is 58.2 Å². The quantitative estimate of drug-likeness (QED) is 0.708. The molecule has 1 fully saturated rings. The molecule has 2 heterocycles. The van der Waals surface area contributed by atoms with Gasteiger partial charge in [0.05, 0.1) is 22.1 Å². The van der Waals surface area contributed by atoms with Crippen LogP contribution in [0.5, 0.6) is 5.75 Å². The van der Waals surface area contributed by atoms with E-state index in [-0.39, 0.29) is 18.6 Å². The maximum atomic E-state index is 12.7. The Kier molecular flexibility index (Phi) is 4.74. The number of nitrogens with zero attached hydrogens (tertiary/aromatic N) is 2. The fraction of sp³-hybridized carbons (Fsp3) is 0.263. The number of aromatic nitrogens is 2. The van der Waals surface area contributed by atoms with E-state index in [1.165, 1.54) is 0 Å². The number of carbonyl (C=O) groups is 1. The predicted molar refractivity (Wildman–Crippen MR) is 102 cm³/mol. The zero-order chi connectivity index (χ0) is 18.1. The second-order valence-electron chi connectivity index (χ2n) is 6.25. The summed E-state index contributed by atoms with van der Waals surface area (Å²) in [5.74, 6) is 1.13. The Bertz CT molecular complexity index is 924. The predicted octanol–water partition coefficient (Wildman–Crippen LogP) is 4.61. The van der Waals surface area contributed by atoms with Gasteiger partial charge in [-0.15, -0.1) is 0 Å². The van der Waals surface area contributed by atoms with Crippen LogP contribution in [0, 0.1) is 0 Å². The molecule has 1 amide bonds. The van der Waals surface area contributed by atoms with Gasteiger partial charge in [-0.25, -0.2) is 4.98 Å². The van der Waals surface area contributed by atoms with Gasteiger partial charge in [-0.1, -0.05) is 35.3 Å². The number of hydrogen-bond donors (Lipinski definition) is 1. The highest BCUT2D eigenvalue weighted by molar-refractivity contribution is 6.34. The maximum absolute atomic E-state index is 12.7. The van der Waals surface area contributed by atoms with E-state index in [1.54, 1.807) is 18.2 Å². The minimum absolute atomic E-state index is 0.0617. The summed E-state index contributed by atoms with van der Waals surface area (Å²) in [4.78, 5) is 22.5. The number of ether oxygens (including phenoxy) is 1. The number of likely N-dealkylation sites (tertiary alicyclic amines) is 1. The van der Waals surface area contributed by atoms with Crippen LogP contribution in [0.1, 0.15) is 24.7 Å². The summed E-state index contributed by atoms with van der Waals surface area (Å²) in [7, 11) is 0. The molecule has 5 nitrogen and oxygen atoms in total. The minimum Gasteiger partial charge on any atom is -0.482 e. The number of rotatable bonds is 4. The van der Waals surface area contributed by atoms with Gasteiger partial charge in [0, 0.05) is 17.6 Å². The third-order valence-corrected chi connectivity index (χ3v) is 5.09. The van der Waals surface area contributed by atoms with E-state index < -0.39 is 0 Å². The Morgan fingerprint density at radius 3 is 2.96 bits per heavy atom. The van der Waals surface area contributed by atoms with Gasteiger partial charge in [-0.2, -0.15) is 0 Å². The maximum Gasteiger partial charge on any atom is 0.261 e. The molecule has 7 heteroatoms. The van der Waals surface area contributed by atoms with Crippen molar-refractivity contribution in [1.29, 1.82) is 0 Å². The lowest BCUT2D eigenvalue weighted by molar-refractivity contribution is -0.134. The van der Waals surface area contributed by atoms with Crippen LogP contribution in [0.2, 0.25) is 10.0 Å². The number of halogens is 2. The molecular formula is C19H17Cl2N3O2. The van der Waals surface area contributed by atoms with Crippen LogP contribution in [0.15, 0.2) is 42.5 Å². The largest absolute Gasteiger partial charge is 0.482 e. The Balaban J connectivity index is 1.49. The monoisotopic (exact) mass is 389 g/mol. The van der Waals surface area contributed by atoms with Gasteiger partial charge in [0.1, 0.15) is 11.6 Å². The first-order valence-corrected chi connectivity index (χ1v) is 9.19. The zero-order valence-corrected chi connectivity index (χ0v) is 15.4. The number of benzene rings is 2. The molecule has 1 saturated heterocycles. The Labute approximate surface area is 160 Å². The third-order valence-electron chi connectivity index (χ3n) is 4.54. The molecule has 1 atom stereocenters. The van der Waals surface area contributed by atoms with E-state index in [1.807, 2.05) is 29.2 Å². The van der Waals surface area contributed by atoms with Crippen molar-refractivity contribution < 1.29 is 9.53 Å². The number of fused-ring (bicyclic) bond motifs is 1. The van der Waals surface area contributed by atoms with E-state index in [0.717, 1.165) is 29.7 Å². The van der Waals surface area contributed by atoms with Gasteiger partial charge in [-0.3, -0.25) is 4.79 Å². The van der Waals surface area contributed by atoms with Crippen LogP contribution in [0.3, 0.4) is 0 Å². The smallest absolute Gasteiger partial charge is 0.261 e. The Hall–Kier alpha value is -2.24. The standard InChI is InChI=1S/C19H17Cl2N3O2/c20-12-7-8-13(21)17(10-12)26-11-18(25)24-9-3-6-16(24)19-22-14-4-1-2-5-15(14)23-19/h1-2,4-5,7-8,10,16H,3,6,9,11H2,(H,22,23)/t16-/m1/s1. The van der Waals surface area contributed by atoms with Crippen molar-refractivity contribution in [2.24, 2.45) is 0 Å². The summed E-state index contributed by atoms with van der Waals surface area (Å²) in [6.45, 7) is 0.601. The zero-order valence-electron chi connectivity index (χ0n) is 13.9. The van der Waals surface area contributed by atoms with Crippen molar-refractivity contribution in [3.8, 4) is 5.75 Å². The fourth-order valence-corrected chi connectivity index (χ4v) is 3.62. The third kappa shape index (κ3) is 3.37. The molecule has 0 saturated carbocycles. The molecule has 0 unspecified atom stereocenters. The van der Waals surface area contributed by atoms with Gasteiger partial charge in [0.15, 0.2) is 6.61 Å². The van der Waals surface area contributed by atoms with Gasteiger partial charge >= 0.3 is 0 Å². The number of nitrogens with one attached hydrogen (secondary N) is 1. The summed E-state index contributed by atoms with van der Waals surface area (Å²) < 4.78 is 5.60. The van der Waals surface area contributed by atoms with Crippen molar-refractivity contribution in [1.82, 2.24) is 14.9 Å². The van der Waals surface area contributed by atoms with E-state index in [0.29, 0.717) is 22.3 Å². The lowest BCUT2D eigenvalue weighted by Gasteiger charge is -2.23. The molecule has 134 valence electrons. The van der Waals surface area contributed by atoms with Crippen LogP contribution in [0.4, 0.5) is 0 Å². The Morgan fingerprint density at radius 2 is 2.12 bits per heavy atom. The molecule has 0 aliphatic carbocycles. The molecule has 1 aliphatic heterocycles. The highest BCUT2D eigenvalue weighted by Gasteiger charge is 2.32. The van der Waals surface area contributed by atoms with Crippen molar-refractivity contribution in [2.75, 3.05) is 13.2 Å². The molecular weight excluding hydrogens is 373 g/mol. The lowest BCUT2D eigenvalue weighted by atomic mass is 10.2. The lowest BCUT2D eigenvalue weighted by Crippen LogP contribution is -2.34. The molecule has 1 aliphatic rings. The van der Waals surface area contributed by atoms with Gasteiger partial charge < -0.3 is 14.6 Å². The second kappa shape index (κ2) is 7.17. The first-order valence-electron chi connectivity index (χ1n) is 8.44. The number of amides is 1. The molecule has 0 spiro atoms. The van der Waals surface area contributed by atoms with Crippen molar-refractivity contribution >= 4 is 40.1 Å². The number of imidazole rings is 1. The SMILES string of the molecule is O=C(COc1cc(Cl)ccc1Cl)N1CCC[C@@H]1c1nc2ccccc2[nH]1. The number of aromatic amines is 1. The molecule has 4 rings (SSSR count). The normalized spacial score (nSPS) is 17.0. The molecule has 3 aromatic rings. The number of para-hydroxylation sites is 2. The van der Waals surface area contributed by atoms with Crippen molar-refractivity contribution in [3.05, 3.63) is 58.3 Å². The first kappa shape index (κ1) is 17.2. The highest BCUT2D eigenvalue weighted by atomic mass is 35.5. The van der Waals surface area contributed by atoms with E-state index in [9.17, 15) is 4.79 Å². The van der Waals surface area contributed by atoms with Gasteiger partial charge in [0.2, 0.25) is 0 Å². The number of H-pyrrole nitrogens is 1. The fourth-order valence-electron chi connectivity index (χ4n) is 3.29. The van der Waals surface area contributed by atoms with Crippen LogP contribution in [-0.2, 0) is 4.79 Å². The van der Waals surface area contributed by atoms with Gasteiger partial charge in [-0.05, 0) is 37.1 Å². The van der Waals surface area contributed by atoms with Crippen molar-refractivity contribution in [2.45, 2.75) is 18.9 Å². The van der Waals surface area contributed by atoms with Crippen LogP contribution in [0.25, 0.3) is 11.0 Å². The number of carbonyl (C=O) groups excluding carboxylic acids is 1. The molecule has 1 aromatic heterocycles. The van der Waals surface area contributed by atoms with E-state index in [4.69, 9.17) is 27.9 Å². The summed E-state index contributed by atoms with van der Waals surface area (Å²) in [6.07, 6.45) is 1.81. The van der Waals surface area contributed by atoms with Gasteiger partial charge in [0.25, 0.3) is 5.91 Å². The molecule has 1 N–H and O–H groups in total. The van der Waals surface area contributed by atoms with Crippen LogP contribution < -0.4 is 4.74 Å². The van der Waals surface area contributed by atoms with E-state index >= 15 is 0 Å². The van der Waals surface area contributed by atoms with Crippen molar-refractivity contribution in [3.63, 3.8) is 0 Å². The second-order valence-corrected chi connectivity index (χ2v) is 7.09. The summed E-state index contributed by atoms with van der Waals surface area (Å²) in [5.41, 5.74) is 1.88. The molecule has 2 aromatic carbocycles. The average Bonchev–Trinajstić information content (AvgIpc) is 3.28. The summed E-state index contributed by atoms with van der Waals surface area (Å²) in [6, 6.07) is 12.7. The highest BCUT2D eigenvalue weighted by Crippen LogP contribution is 2.32. The van der Waals surface area contributed by atoms with Crippen LogP contribution in [-0.4, -0.2) is 33.9 Å². The average molecular weight is 390 g/mol. The molecule has 0 bridgehead atoms. The van der Waals surface area contributed by atoms with E-state index in [2.05, 4.69) is 9.97 Å². The van der Waals surface area contributed by atoms with Crippen LogP contribution >= 0.6 is 23.2 Å². The molecule has 0 radical (unpaired) electrons. The molecule has 26 heavy (non-hydrogen) atoms. The first-order chi connectivity index (χ1) is 12.6. The Morgan fingerprint density at radius 1 is 1.27 bits per heavy atom. The summed E-state index contributed by atoms with van der Waals surface area (Å²) in [5, 5.41) is 0.940. The number of hydrogen-bond acceptors (Lipinski definition) is 3.